The molecule has 354 valence electrons. The average Bonchev–Trinajstić information content (AvgIpc) is 3.24. The molecule has 6 heteroatoms. The number of ether oxygens (including phenoxy) is 3. The Morgan fingerprint density at radius 1 is 0.317 bits per heavy atom. The van der Waals surface area contributed by atoms with Crippen molar-refractivity contribution in [2.24, 2.45) is 0 Å². The third-order valence-electron chi connectivity index (χ3n) is 12.0. The van der Waals surface area contributed by atoms with E-state index in [1.807, 2.05) is 0 Å². The Bertz CT molecular complexity index is 931. The van der Waals surface area contributed by atoms with Crippen molar-refractivity contribution in [3.8, 4) is 0 Å². The van der Waals surface area contributed by atoms with Crippen molar-refractivity contribution < 1.29 is 28.6 Å². The summed E-state index contributed by atoms with van der Waals surface area (Å²) >= 11 is 0. The first-order valence-electron chi connectivity index (χ1n) is 26.7. The van der Waals surface area contributed by atoms with E-state index >= 15 is 0 Å². The van der Waals surface area contributed by atoms with Crippen LogP contribution in [-0.2, 0) is 28.6 Å². The fourth-order valence-electron chi connectivity index (χ4n) is 7.97. The zero-order valence-electron chi connectivity index (χ0n) is 40.5. The first-order chi connectivity index (χ1) is 29.5. The quantitative estimate of drug-likeness (QED) is 0.0263. The molecule has 1 atom stereocenters. The van der Waals surface area contributed by atoms with Crippen molar-refractivity contribution in [2.75, 3.05) is 13.2 Å². The van der Waals surface area contributed by atoms with Crippen LogP contribution in [-0.4, -0.2) is 37.2 Å². The summed E-state index contributed by atoms with van der Waals surface area (Å²) in [4.78, 5) is 37.9. The van der Waals surface area contributed by atoms with Gasteiger partial charge < -0.3 is 14.2 Å². The molecule has 0 aromatic rings. The lowest BCUT2D eigenvalue weighted by molar-refractivity contribution is -0.167. The molecule has 0 aliphatic carbocycles. The van der Waals surface area contributed by atoms with Crippen LogP contribution in [0.4, 0.5) is 0 Å². The third-order valence-corrected chi connectivity index (χ3v) is 12.0. The highest BCUT2D eigenvalue weighted by Crippen LogP contribution is 2.16. The molecule has 0 aliphatic heterocycles. The van der Waals surface area contributed by atoms with Gasteiger partial charge in [0.15, 0.2) is 6.10 Å². The Hall–Kier alpha value is -1.85. The number of carbonyl (C=O) groups excluding carboxylic acids is 3. The number of hydrogen-bond acceptors (Lipinski definition) is 6. The molecule has 0 radical (unpaired) electrons. The van der Waals surface area contributed by atoms with E-state index in [-0.39, 0.29) is 31.1 Å². The van der Waals surface area contributed by atoms with Crippen molar-refractivity contribution in [3.05, 3.63) is 12.2 Å². The molecule has 0 bridgehead atoms. The number of hydrogen-bond donors (Lipinski definition) is 0. The van der Waals surface area contributed by atoms with Crippen LogP contribution >= 0.6 is 0 Å². The van der Waals surface area contributed by atoms with Gasteiger partial charge in [-0.1, -0.05) is 245 Å². The Kier molecular flexibility index (Phi) is 48.3. The summed E-state index contributed by atoms with van der Waals surface area (Å²) in [6.45, 7) is 6.65. The van der Waals surface area contributed by atoms with Crippen LogP contribution in [0.3, 0.4) is 0 Å². The fraction of sp³-hybridized carbons (Fsp3) is 0.907. The maximum Gasteiger partial charge on any atom is 0.306 e. The van der Waals surface area contributed by atoms with E-state index in [4.69, 9.17) is 14.2 Å². The van der Waals surface area contributed by atoms with E-state index in [9.17, 15) is 14.4 Å². The summed E-state index contributed by atoms with van der Waals surface area (Å²) in [5, 5.41) is 0. The van der Waals surface area contributed by atoms with Crippen LogP contribution in [0.25, 0.3) is 0 Å². The molecule has 6 nitrogen and oxygen atoms in total. The van der Waals surface area contributed by atoms with Gasteiger partial charge in [-0.2, -0.15) is 0 Å². The standard InChI is InChI=1S/C54H102O6/c1-4-7-10-13-16-19-22-24-26-27-28-29-31-32-35-38-41-44-47-53(56)59-50-51(49-58-52(55)46-43-40-37-34-21-18-15-12-9-6-3)60-54(57)48-45-42-39-36-33-30-25-23-20-17-14-11-8-5-2/h23,25,51H,4-22,24,26-50H2,1-3H3/b25-23-. The maximum atomic E-state index is 12.8. The average molecular weight is 847 g/mol. The van der Waals surface area contributed by atoms with E-state index in [1.165, 1.54) is 193 Å². The molecular formula is C54H102O6. The molecule has 0 aromatic carbocycles. The van der Waals surface area contributed by atoms with E-state index in [0.29, 0.717) is 19.3 Å². The van der Waals surface area contributed by atoms with Gasteiger partial charge in [0.05, 0.1) is 0 Å². The highest BCUT2D eigenvalue weighted by atomic mass is 16.6. The lowest BCUT2D eigenvalue weighted by Crippen LogP contribution is -2.30. The first-order valence-corrected chi connectivity index (χ1v) is 26.7. The molecule has 0 rings (SSSR count). The van der Waals surface area contributed by atoms with Gasteiger partial charge in [-0.25, -0.2) is 0 Å². The molecular weight excluding hydrogens is 745 g/mol. The summed E-state index contributed by atoms with van der Waals surface area (Å²) in [5.41, 5.74) is 0. The van der Waals surface area contributed by atoms with Crippen LogP contribution in [0.15, 0.2) is 12.2 Å². The zero-order valence-corrected chi connectivity index (χ0v) is 40.5. The predicted molar refractivity (Wildman–Crippen MR) is 256 cm³/mol. The molecule has 0 aromatic heterocycles. The topological polar surface area (TPSA) is 78.9 Å². The second-order valence-corrected chi connectivity index (χ2v) is 18.2. The minimum absolute atomic E-state index is 0.0680. The van der Waals surface area contributed by atoms with Gasteiger partial charge in [0, 0.05) is 19.3 Å². The van der Waals surface area contributed by atoms with Gasteiger partial charge in [-0.3, -0.25) is 14.4 Å². The molecule has 1 unspecified atom stereocenters. The molecule has 0 spiro atoms. The van der Waals surface area contributed by atoms with Gasteiger partial charge in [-0.15, -0.1) is 0 Å². The highest BCUT2D eigenvalue weighted by Gasteiger charge is 2.19. The Balaban J connectivity index is 4.27. The number of rotatable bonds is 49. The molecule has 0 fully saturated rings. The highest BCUT2D eigenvalue weighted by molar-refractivity contribution is 5.71. The van der Waals surface area contributed by atoms with Gasteiger partial charge >= 0.3 is 17.9 Å². The van der Waals surface area contributed by atoms with Gasteiger partial charge in [-0.05, 0) is 44.9 Å². The molecule has 0 saturated carbocycles. The summed E-state index contributed by atoms with van der Waals surface area (Å²) in [5.74, 6) is -0.860. The van der Waals surface area contributed by atoms with Crippen molar-refractivity contribution in [1.29, 1.82) is 0 Å². The molecule has 0 heterocycles. The van der Waals surface area contributed by atoms with Crippen LogP contribution in [0, 0.1) is 0 Å². The summed E-state index contributed by atoms with van der Waals surface area (Å²) in [7, 11) is 0. The zero-order chi connectivity index (χ0) is 43.7. The van der Waals surface area contributed by atoms with E-state index in [0.717, 1.165) is 64.2 Å². The SMILES string of the molecule is CCCCCCC/C=C\CCCCCCCC(=O)OC(COC(=O)CCCCCCCCCCCC)COC(=O)CCCCCCCCCCCCCCCCCCCC. The molecule has 60 heavy (non-hydrogen) atoms. The van der Waals surface area contributed by atoms with Gasteiger partial charge in [0.1, 0.15) is 13.2 Å². The van der Waals surface area contributed by atoms with Crippen molar-refractivity contribution in [2.45, 2.75) is 303 Å². The molecule has 0 aliphatic rings. The lowest BCUT2D eigenvalue weighted by Gasteiger charge is -2.18. The van der Waals surface area contributed by atoms with E-state index < -0.39 is 6.10 Å². The van der Waals surface area contributed by atoms with E-state index in [2.05, 4.69) is 32.9 Å². The van der Waals surface area contributed by atoms with Crippen LogP contribution < -0.4 is 0 Å². The largest absolute Gasteiger partial charge is 0.462 e. The first kappa shape index (κ1) is 58.1. The predicted octanol–water partition coefficient (Wildman–Crippen LogP) is 17.4. The molecule has 0 amide bonds. The van der Waals surface area contributed by atoms with Gasteiger partial charge in [0.25, 0.3) is 0 Å². The number of allylic oxidation sites excluding steroid dienone is 2. The number of carbonyl (C=O) groups is 3. The maximum absolute atomic E-state index is 12.8. The second-order valence-electron chi connectivity index (χ2n) is 18.2. The minimum Gasteiger partial charge on any atom is -0.462 e. The van der Waals surface area contributed by atoms with Crippen molar-refractivity contribution in [1.82, 2.24) is 0 Å². The Labute approximate surface area is 373 Å². The number of unbranched alkanes of at least 4 members (excludes halogenated alkanes) is 36. The normalized spacial score (nSPS) is 12.0. The Morgan fingerprint density at radius 3 is 0.833 bits per heavy atom. The molecule has 0 saturated heterocycles. The fourth-order valence-corrected chi connectivity index (χ4v) is 7.97. The Morgan fingerprint density at radius 2 is 0.550 bits per heavy atom. The van der Waals surface area contributed by atoms with Crippen LogP contribution in [0.5, 0.6) is 0 Å². The smallest absolute Gasteiger partial charge is 0.306 e. The monoisotopic (exact) mass is 847 g/mol. The van der Waals surface area contributed by atoms with Crippen molar-refractivity contribution in [3.63, 3.8) is 0 Å². The van der Waals surface area contributed by atoms with Crippen LogP contribution in [0.2, 0.25) is 0 Å². The van der Waals surface area contributed by atoms with Gasteiger partial charge in [0.2, 0.25) is 0 Å². The minimum atomic E-state index is -0.767. The lowest BCUT2D eigenvalue weighted by atomic mass is 10.0. The van der Waals surface area contributed by atoms with Crippen LogP contribution in [0.1, 0.15) is 297 Å². The summed E-state index contributed by atoms with van der Waals surface area (Å²) in [6.07, 6.45) is 54.8. The summed E-state index contributed by atoms with van der Waals surface area (Å²) in [6, 6.07) is 0. The second kappa shape index (κ2) is 49.8. The van der Waals surface area contributed by atoms with Crippen molar-refractivity contribution >= 4 is 17.9 Å². The van der Waals surface area contributed by atoms with E-state index in [1.54, 1.807) is 0 Å². The summed E-state index contributed by atoms with van der Waals surface area (Å²) < 4.78 is 16.8. The third kappa shape index (κ3) is 47.2. The molecule has 0 N–H and O–H groups in total. The number of esters is 3.